The number of rotatable bonds is 8. The largest absolute Gasteiger partial charge is 0.310 e. The molecule has 5 heteroatoms. The third-order valence-corrected chi connectivity index (χ3v) is 19.9. The van der Waals surface area contributed by atoms with Gasteiger partial charge in [0.1, 0.15) is 0 Å². The molecular formula is C90H74BN3S. The SMILES string of the molecule is [2H]c1c([2H])c(-c2c([2H])c([2H])c3c(sc4ccccc43)c2[2H])c([2H])c2c1B1c3c(cc(C(C)(C)C)cc3N(c3c(-c4ccccc4)cc(C(C)(C)C)cc3-c3ccccc3)c3c([2H])c(-n4c5c([2H])c([2H])c([2H])c([2H])c5c5c([2H])c([2H])c([2H])c([2H])c54)c([2H])c([2H])c31)N2c1c(-c2ccccc2)cc(C(C)(C)C)cc1-c1ccccc1. The molecule has 0 N–H and O–H groups in total. The molecule has 15 aromatic rings. The van der Waals surface area contributed by atoms with E-state index in [0.717, 1.165) is 48.2 Å². The zero-order chi connectivity index (χ0) is 79.4. The molecule has 0 unspecified atom stereocenters. The van der Waals surface area contributed by atoms with Gasteiger partial charge in [0.2, 0.25) is 0 Å². The van der Waals surface area contributed by atoms with Gasteiger partial charge in [0, 0.05) is 81.6 Å². The van der Waals surface area contributed by atoms with Crippen molar-refractivity contribution in [1.82, 2.24) is 4.57 Å². The van der Waals surface area contributed by atoms with Gasteiger partial charge in [-0.3, -0.25) is 0 Å². The van der Waals surface area contributed by atoms with E-state index >= 15 is 0 Å². The van der Waals surface area contributed by atoms with Gasteiger partial charge in [-0.1, -0.05) is 268 Å². The predicted octanol–water partition coefficient (Wildman–Crippen LogP) is 23.5. The maximum Gasteiger partial charge on any atom is 0.252 e. The number of fused-ring (bicyclic) bond motifs is 10. The van der Waals surface area contributed by atoms with Gasteiger partial charge in [-0.05, 0) is 161 Å². The van der Waals surface area contributed by atoms with Crippen molar-refractivity contribution in [3.63, 3.8) is 0 Å². The summed E-state index contributed by atoms with van der Waals surface area (Å²) in [4.78, 5) is 3.96. The van der Waals surface area contributed by atoms with Gasteiger partial charge in [0.05, 0.1) is 45.7 Å². The quantitative estimate of drug-likeness (QED) is 0.141. The number of nitrogens with zero attached hydrogens (tertiary/aromatic N) is 3. The highest BCUT2D eigenvalue weighted by Gasteiger charge is 2.46. The summed E-state index contributed by atoms with van der Waals surface area (Å²) in [6.45, 7) is 17.6. The first kappa shape index (κ1) is 42.7. The van der Waals surface area contributed by atoms with Gasteiger partial charge in [-0.25, -0.2) is 0 Å². The summed E-state index contributed by atoms with van der Waals surface area (Å²) in [5.41, 5.74) is 7.11. The number of thiophene rings is 1. The summed E-state index contributed by atoms with van der Waals surface area (Å²) in [5, 5.41) is 0.448. The lowest BCUT2D eigenvalue weighted by Crippen LogP contribution is -2.61. The molecule has 2 aliphatic rings. The van der Waals surface area contributed by atoms with Crippen molar-refractivity contribution in [2.75, 3.05) is 9.80 Å². The minimum Gasteiger partial charge on any atom is -0.310 e. The molecule has 3 nitrogen and oxygen atoms in total. The maximum atomic E-state index is 11.6. The molecule has 0 bridgehead atoms. The number of benzene rings is 13. The summed E-state index contributed by atoms with van der Waals surface area (Å²) in [6.07, 6.45) is 0. The van der Waals surface area contributed by atoms with E-state index < -0.39 is 119 Å². The van der Waals surface area contributed by atoms with Crippen molar-refractivity contribution in [1.29, 1.82) is 0 Å². The van der Waals surface area contributed by atoms with Crippen LogP contribution in [0.25, 0.3) is 103 Å². The Hall–Kier alpha value is -10.5. The molecule has 95 heavy (non-hydrogen) atoms. The van der Waals surface area contributed by atoms with Crippen LogP contribution < -0.4 is 26.2 Å². The van der Waals surface area contributed by atoms with E-state index in [1.165, 1.54) is 11.3 Å². The molecule has 0 atom stereocenters. The Morgan fingerprint density at radius 1 is 0.337 bits per heavy atom. The highest BCUT2D eigenvalue weighted by molar-refractivity contribution is 7.25. The van der Waals surface area contributed by atoms with Crippen molar-refractivity contribution >= 4 is 111 Å². The number of aromatic nitrogens is 1. The van der Waals surface area contributed by atoms with Crippen molar-refractivity contribution in [3.05, 3.63) is 301 Å². The summed E-state index contributed by atoms with van der Waals surface area (Å²) in [5.74, 6) is 0. The molecule has 13 aromatic carbocycles. The second kappa shape index (κ2) is 22.1. The Morgan fingerprint density at radius 3 is 1.21 bits per heavy atom. The molecule has 0 amide bonds. The third-order valence-electron chi connectivity index (χ3n) is 18.8. The van der Waals surface area contributed by atoms with Crippen LogP contribution in [0.1, 0.15) is 102 Å². The van der Waals surface area contributed by atoms with E-state index in [4.69, 9.17) is 2.74 Å². The van der Waals surface area contributed by atoms with E-state index in [0.29, 0.717) is 65.9 Å². The van der Waals surface area contributed by atoms with Crippen LogP contribution in [-0.2, 0) is 16.2 Å². The summed E-state index contributed by atoms with van der Waals surface area (Å²) < 4.78 is 176. The Bertz CT molecular complexity index is 6400. The second-order valence-electron chi connectivity index (χ2n) is 27.9. The van der Waals surface area contributed by atoms with E-state index in [-0.39, 0.29) is 67.3 Å². The van der Waals surface area contributed by atoms with Gasteiger partial charge in [-0.2, -0.15) is 0 Å². The number of anilines is 6. The van der Waals surface area contributed by atoms with E-state index in [9.17, 15) is 20.6 Å². The second-order valence-corrected chi connectivity index (χ2v) is 29.0. The molecule has 2 aromatic heterocycles. The Morgan fingerprint density at radius 2 is 0.737 bits per heavy atom. The number of hydrogen-bond acceptors (Lipinski definition) is 3. The van der Waals surface area contributed by atoms with Gasteiger partial charge in [0.15, 0.2) is 0 Å². The monoisotopic (exact) mass is 1260 g/mol. The summed E-state index contributed by atoms with van der Waals surface area (Å²) in [7, 11) is 0. The Balaban J connectivity index is 1.15. The predicted molar refractivity (Wildman–Crippen MR) is 411 cm³/mol. The average Bonchev–Trinajstić information content (AvgIpc) is 0.768. The highest BCUT2D eigenvalue weighted by Crippen LogP contribution is 2.56. The fourth-order valence-electron chi connectivity index (χ4n) is 13.9. The molecular weight excluding hydrogens is 1170 g/mol. The van der Waals surface area contributed by atoms with Crippen molar-refractivity contribution in [3.8, 4) is 61.3 Å². The lowest BCUT2D eigenvalue weighted by Gasteiger charge is -2.47. The van der Waals surface area contributed by atoms with Crippen LogP contribution in [0.2, 0.25) is 0 Å². The zero-order valence-electron chi connectivity index (χ0n) is 71.1. The minimum atomic E-state index is -1.49. The van der Waals surface area contributed by atoms with Crippen molar-refractivity contribution in [2.24, 2.45) is 0 Å². The zero-order valence-corrected chi connectivity index (χ0v) is 55.0. The first-order valence-electron chi connectivity index (χ1n) is 40.7. The fraction of sp³-hybridized carbons (Fsp3) is 0.133. The average molecular weight is 1260 g/mol. The molecule has 0 aliphatic carbocycles. The van der Waals surface area contributed by atoms with Gasteiger partial charge in [-0.15, -0.1) is 11.3 Å². The highest BCUT2D eigenvalue weighted by atomic mass is 32.1. The Kier molecular flexibility index (Phi) is 9.93. The first-order valence-corrected chi connectivity index (χ1v) is 33.0. The fourth-order valence-corrected chi connectivity index (χ4v) is 15.0. The molecule has 2 aliphatic heterocycles. The first-order chi connectivity index (χ1) is 53.1. The molecule has 0 radical (unpaired) electrons. The normalized spacial score (nSPS) is 15.5. The Labute approximate surface area is 586 Å². The number of hydrogen-bond donors (Lipinski definition) is 0. The van der Waals surface area contributed by atoms with Crippen LogP contribution in [0.15, 0.2) is 285 Å². The van der Waals surface area contributed by atoms with E-state index in [1.54, 1.807) is 0 Å². The van der Waals surface area contributed by atoms with Crippen LogP contribution >= 0.6 is 11.3 Å². The van der Waals surface area contributed by atoms with Crippen LogP contribution in [0.5, 0.6) is 0 Å². The van der Waals surface area contributed by atoms with Gasteiger partial charge >= 0.3 is 0 Å². The molecule has 0 spiro atoms. The summed E-state index contributed by atoms with van der Waals surface area (Å²) >= 11 is 1.27. The summed E-state index contributed by atoms with van der Waals surface area (Å²) in [6, 6.07) is 50.0. The standard InChI is InChI=1S/C90H74BN3S/c1-88(2,3)63-50-71(57-28-14-10-15-29-57)86(72(51-63)58-30-16-11-17-31-58)93-79-48-61(62-42-45-70-69-38-24-27-41-83(69)95-84(70)49-62)43-46-75(79)91-76-47-44-66(92-77-39-25-22-36-67(77)68-37-23-26-40-78(68)92)56-80(76)94(82-55-65(90(7,8)9)54-81(93)85(82)91)87-73(59-32-18-12-19-33-59)52-64(89(4,5)6)53-74(87)60-34-20-13-21-35-60/h10-56H,1-9H3/i22D,23D,25D,26D,36D,37D,39D,40D,42D,43D,44D,45D,46D,47D,48D,49D,56D. The third kappa shape index (κ3) is 9.68. The molecule has 0 fully saturated rings. The topological polar surface area (TPSA) is 11.4 Å². The molecule has 0 saturated carbocycles. The van der Waals surface area contributed by atoms with Crippen molar-refractivity contribution in [2.45, 2.75) is 78.6 Å². The lowest BCUT2D eigenvalue weighted by atomic mass is 9.33. The van der Waals surface area contributed by atoms with Gasteiger partial charge in [0.25, 0.3) is 6.71 Å². The van der Waals surface area contributed by atoms with Crippen LogP contribution in [-0.4, -0.2) is 11.3 Å². The van der Waals surface area contributed by atoms with Crippen LogP contribution in [0.3, 0.4) is 0 Å². The maximum absolute atomic E-state index is 11.6. The van der Waals surface area contributed by atoms with E-state index in [2.05, 4.69) is 98.7 Å². The molecule has 4 heterocycles. The van der Waals surface area contributed by atoms with E-state index in [1.807, 2.05) is 155 Å². The van der Waals surface area contributed by atoms with Gasteiger partial charge < -0.3 is 14.4 Å². The molecule has 0 saturated heterocycles. The molecule has 17 rings (SSSR count). The van der Waals surface area contributed by atoms with Crippen LogP contribution in [0, 0.1) is 0 Å². The molecule has 458 valence electrons. The van der Waals surface area contributed by atoms with Crippen LogP contribution in [0.4, 0.5) is 34.1 Å². The number of para-hydroxylation sites is 2. The smallest absolute Gasteiger partial charge is 0.252 e. The van der Waals surface area contributed by atoms with Crippen molar-refractivity contribution < 1.29 is 23.3 Å². The minimum absolute atomic E-state index is 0.00304. The lowest BCUT2D eigenvalue weighted by molar-refractivity contribution is 0.590.